The van der Waals surface area contributed by atoms with Crippen molar-refractivity contribution in [2.45, 2.75) is 38.5 Å². The van der Waals surface area contributed by atoms with Crippen molar-refractivity contribution in [1.29, 1.82) is 0 Å². The second-order valence-corrected chi connectivity index (χ2v) is 5.91. The van der Waals surface area contributed by atoms with Crippen LogP contribution in [0.25, 0.3) is 0 Å². The molecule has 0 radical (unpaired) electrons. The van der Waals surface area contributed by atoms with Crippen LogP contribution in [0.5, 0.6) is 5.75 Å². The Morgan fingerprint density at radius 2 is 2.25 bits per heavy atom. The summed E-state index contributed by atoms with van der Waals surface area (Å²) in [6.45, 7) is 7.50. The van der Waals surface area contributed by atoms with E-state index in [1.54, 1.807) is 0 Å². The topological polar surface area (TPSA) is 47.7 Å². The van der Waals surface area contributed by atoms with Crippen LogP contribution in [0.15, 0.2) is 18.2 Å². The van der Waals surface area contributed by atoms with Gasteiger partial charge in [0, 0.05) is 31.6 Å². The third kappa shape index (κ3) is 2.55. The monoisotopic (exact) mass is 276 g/mol. The molecular weight excluding hydrogens is 252 g/mol. The van der Waals surface area contributed by atoms with Gasteiger partial charge in [-0.2, -0.15) is 0 Å². The van der Waals surface area contributed by atoms with Crippen LogP contribution in [-0.4, -0.2) is 43.3 Å². The Balaban J connectivity index is 1.85. The van der Waals surface area contributed by atoms with Crippen molar-refractivity contribution in [3.8, 4) is 5.75 Å². The minimum atomic E-state index is 0.266. The van der Waals surface area contributed by atoms with E-state index in [9.17, 15) is 0 Å². The summed E-state index contributed by atoms with van der Waals surface area (Å²) in [6, 6.07) is 7.20. The fraction of sp³-hybridized carbons (Fsp3) is 0.625. The highest BCUT2D eigenvalue weighted by molar-refractivity contribution is 5.41. The zero-order valence-corrected chi connectivity index (χ0v) is 12.3. The predicted octanol–water partition coefficient (Wildman–Crippen LogP) is 1.73. The second kappa shape index (κ2) is 5.72. The van der Waals surface area contributed by atoms with Crippen molar-refractivity contribution in [1.82, 2.24) is 4.90 Å². The number of hydrogen-bond donors (Lipinski definition) is 1. The molecule has 1 saturated heterocycles. The zero-order valence-electron chi connectivity index (χ0n) is 12.3. The molecule has 4 nitrogen and oxygen atoms in total. The van der Waals surface area contributed by atoms with Crippen molar-refractivity contribution in [2.24, 2.45) is 5.73 Å². The summed E-state index contributed by atoms with van der Waals surface area (Å²) in [4.78, 5) is 2.48. The molecule has 0 aromatic heterocycles. The van der Waals surface area contributed by atoms with Crippen molar-refractivity contribution < 1.29 is 9.47 Å². The molecular formula is C16H24N2O2. The zero-order chi connectivity index (χ0) is 14.1. The SMILES string of the molecule is CC1CN(C(CN)c2ccc3c(c2)CCO3)C(C)CO1. The van der Waals surface area contributed by atoms with Gasteiger partial charge in [-0.3, -0.25) is 4.90 Å². The maximum atomic E-state index is 6.07. The van der Waals surface area contributed by atoms with Gasteiger partial charge < -0.3 is 15.2 Å². The molecule has 3 unspecified atom stereocenters. The fourth-order valence-corrected chi connectivity index (χ4v) is 3.24. The van der Waals surface area contributed by atoms with E-state index in [2.05, 4.69) is 36.9 Å². The average Bonchev–Trinajstić information content (AvgIpc) is 2.91. The summed E-state index contributed by atoms with van der Waals surface area (Å²) in [5, 5.41) is 0. The van der Waals surface area contributed by atoms with Crippen molar-refractivity contribution in [3.05, 3.63) is 29.3 Å². The van der Waals surface area contributed by atoms with Gasteiger partial charge in [0.05, 0.1) is 19.3 Å². The number of rotatable bonds is 3. The maximum absolute atomic E-state index is 6.07. The number of ether oxygens (including phenoxy) is 2. The van der Waals surface area contributed by atoms with Gasteiger partial charge >= 0.3 is 0 Å². The van der Waals surface area contributed by atoms with E-state index in [1.165, 1.54) is 11.1 Å². The van der Waals surface area contributed by atoms with Gasteiger partial charge in [0.15, 0.2) is 0 Å². The van der Waals surface area contributed by atoms with Gasteiger partial charge in [-0.05, 0) is 31.0 Å². The van der Waals surface area contributed by atoms with Gasteiger partial charge in [0.1, 0.15) is 5.75 Å². The van der Waals surface area contributed by atoms with Crippen LogP contribution in [0.2, 0.25) is 0 Å². The van der Waals surface area contributed by atoms with Gasteiger partial charge in [0.25, 0.3) is 0 Å². The highest BCUT2D eigenvalue weighted by atomic mass is 16.5. The van der Waals surface area contributed by atoms with E-state index in [-0.39, 0.29) is 12.1 Å². The molecule has 2 aliphatic heterocycles. The minimum absolute atomic E-state index is 0.266. The first kappa shape index (κ1) is 13.9. The maximum Gasteiger partial charge on any atom is 0.122 e. The van der Waals surface area contributed by atoms with Crippen molar-refractivity contribution >= 4 is 0 Å². The third-order valence-electron chi connectivity index (χ3n) is 4.38. The van der Waals surface area contributed by atoms with Crippen LogP contribution in [-0.2, 0) is 11.2 Å². The molecule has 1 aromatic rings. The number of nitrogens with two attached hydrogens (primary N) is 1. The van der Waals surface area contributed by atoms with Crippen LogP contribution in [0.1, 0.15) is 31.0 Å². The molecule has 2 N–H and O–H groups in total. The van der Waals surface area contributed by atoms with Gasteiger partial charge in [-0.25, -0.2) is 0 Å². The number of nitrogens with zero attached hydrogens (tertiary/aromatic N) is 1. The highest BCUT2D eigenvalue weighted by Crippen LogP contribution is 2.31. The molecule has 4 heteroatoms. The third-order valence-corrected chi connectivity index (χ3v) is 4.38. The summed E-state index contributed by atoms with van der Waals surface area (Å²) in [5.41, 5.74) is 8.69. The molecule has 3 rings (SSSR count). The Morgan fingerprint density at radius 1 is 1.40 bits per heavy atom. The molecule has 1 aromatic carbocycles. The Hall–Kier alpha value is -1.10. The predicted molar refractivity (Wildman–Crippen MR) is 79.0 cm³/mol. The Kier molecular flexibility index (Phi) is 3.96. The van der Waals surface area contributed by atoms with Crippen LogP contribution in [0.3, 0.4) is 0 Å². The van der Waals surface area contributed by atoms with E-state index < -0.39 is 0 Å². The molecule has 2 aliphatic rings. The van der Waals surface area contributed by atoms with Crippen LogP contribution >= 0.6 is 0 Å². The van der Waals surface area contributed by atoms with Crippen LogP contribution in [0, 0.1) is 0 Å². The number of morpholine rings is 1. The lowest BCUT2D eigenvalue weighted by Gasteiger charge is -2.41. The molecule has 3 atom stereocenters. The largest absolute Gasteiger partial charge is 0.493 e. The summed E-state index contributed by atoms with van der Waals surface area (Å²) in [5.74, 6) is 1.04. The molecule has 110 valence electrons. The van der Waals surface area contributed by atoms with Gasteiger partial charge in [0.2, 0.25) is 0 Å². The normalized spacial score (nSPS) is 27.9. The summed E-state index contributed by atoms with van der Waals surface area (Å²) < 4.78 is 11.3. The summed E-state index contributed by atoms with van der Waals surface area (Å²) in [7, 11) is 0. The molecule has 20 heavy (non-hydrogen) atoms. The average molecular weight is 276 g/mol. The smallest absolute Gasteiger partial charge is 0.122 e. The van der Waals surface area contributed by atoms with Crippen molar-refractivity contribution in [2.75, 3.05) is 26.3 Å². The second-order valence-electron chi connectivity index (χ2n) is 5.91. The van der Waals surface area contributed by atoms with Crippen molar-refractivity contribution in [3.63, 3.8) is 0 Å². The van der Waals surface area contributed by atoms with E-state index in [0.717, 1.165) is 31.9 Å². The molecule has 2 heterocycles. The minimum Gasteiger partial charge on any atom is -0.493 e. The number of benzene rings is 1. The number of fused-ring (bicyclic) bond motifs is 1. The van der Waals surface area contributed by atoms with E-state index >= 15 is 0 Å². The Morgan fingerprint density at radius 3 is 3.05 bits per heavy atom. The van der Waals surface area contributed by atoms with E-state index in [0.29, 0.717) is 12.6 Å². The molecule has 0 saturated carbocycles. The molecule has 0 amide bonds. The quantitative estimate of drug-likeness (QED) is 0.913. The molecule has 0 spiro atoms. The van der Waals surface area contributed by atoms with Gasteiger partial charge in [-0.15, -0.1) is 0 Å². The molecule has 0 bridgehead atoms. The summed E-state index contributed by atoms with van der Waals surface area (Å²) in [6.07, 6.45) is 1.29. The Labute approximate surface area is 120 Å². The lowest BCUT2D eigenvalue weighted by Crippen LogP contribution is -2.50. The van der Waals surface area contributed by atoms with E-state index in [4.69, 9.17) is 15.2 Å². The molecule has 1 fully saturated rings. The first-order valence-corrected chi connectivity index (χ1v) is 7.52. The van der Waals surface area contributed by atoms with E-state index in [1.807, 2.05) is 0 Å². The lowest BCUT2D eigenvalue weighted by molar-refractivity contribution is -0.0653. The fourth-order valence-electron chi connectivity index (χ4n) is 3.24. The van der Waals surface area contributed by atoms with Crippen LogP contribution in [0.4, 0.5) is 0 Å². The lowest BCUT2D eigenvalue weighted by atomic mass is 9.99. The van der Waals surface area contributed by atoms with Crippen LogP contribution < -0.4 is 10.5 Å². The summed E-state index contributed by atoms with van der Waals surface area (Å²) >= 11 is 0. The standard InChI is InChI=1S/C16H24N2O2/c1-11-10-20-12(2)9-18(11)15(8-17)13-3-4-16-14(7-13)5-6-19-16/h3-4,7,11-12,15H,5-6,8-10,17H2,1-2H3. The number of hydrogen-bond acceptors (Lipinski definition) is 4. The highest BCUT2D eigenvalue weighted by Gasteiger charge is 2.30. The molecule has 0 aliphatic carbocycles. The Bertz CT molecular complexity index is 478. The first-order valence-electron chi connectivity index (χ1n) is 7.52. The van der Waals surface area contributed by atoms with Gasteiger partial charge in [-0.1, -0.05) is 12.1 Å². The first-order chi connectivity index (χ1) is 9.69.